The zero-order valence-electron chi connectivity index (χ0n) is 15.1. The molecule has 2 rings (SSSR count). The quantitative estimate of drug-likeness (QED) is 0.612. The highest BCUT2D eigenvalue weighted by atomic mass is 16.5. The molecule has 0 aliphatic carbocycles. The average molecular weight is 344 g/mol. The first-order valence-electron chi connectivity index (χ1n) is 8.24. The van der Waals surface area contributed by atoms with Crippen LogP contribution in [-0.4, -0.2) is 32.9 Å². The third kappa shape index (κ3) is 4.43. The summed E-state index contributed by atoms with van der Waals surface area (Å²) < 4.78 is 7.17. The van der Waals surface area contributed by atoms with Crippen LogP contribution in [0.15, 0.2) is 18.5 Å². The van der Waals surface area contributed by atoms with Gasteiger partial charge in [0.15, 0.2) is 18.1 Å². The summed E-state index contributed by atoms with van der Waals surface area (Å²) in [5.74, 6) is -0.446. The zero-order valence-corrected chi connectivity index (χ0v) is 15.1. The summed E-state index contributed by atoms with van der Waals surface area (Å²) in [6.45, 7) is 8.71. The van der Waals surface area contributed by atoms with Crippen LogP contribution in [0.2, 0.25) is 0 Å². The molecular formula is C18H24N4O3. The molecule has 7 heteroatoms. The molecule has 0 aliphatic rings. The number of carbonyl (C=O) groups excluding carboxylic acids is 2. The molecule has 134 valence electrons. The summed E-state index contributed by atoms with van der Waals surface area (Å²) in [6.07, 6.45) is 3.76. The Morgan fingerprint density at radius 2 is 1.92 bits per heavy atom. The number of nitrogens with zero attached hydrogens (tertiary/aromatic N) is 3. The highest BCUT2D eigenvalue weighted by Crippen LogP contribution is 2.18. The van der Waals surface area contributed by atoms with E-state index in [4.69, 9.17) is 10.5 Å². The summed E-state index contributed by atoms with van der Waals surface area (Å²) in [4.78, 5) is 32.0. The Morgan fingerprint density at radius 1 is 1.24 bits per heavy atom. The minimum atomic E-state index is -0.757. The maximum absolute atomic E-state index is 12.4. The van der Waals surface area contributed by atoms with Gasteiger partial charge in [0.05, 0.1) is 0 Å². The van der Waals surface area contributed by atoms with Crippen LogP contribution in [-0.2, 0) is 11.3 Å². The second-order valence-corrected chi connectivity index (χ2v) is 6.41. The average Bonchev–Trinajstić information content (AvgIpc) is 2.85. The number of hydrogen-bond acceptors (Lipinski definition) is 6. The van der Waals surface area contributed by atoms with Crippen LogP contribution in [0.5, 0.6) is 0 Å². The fourth-order valence-corrected chi connectivity index (χ4v) is 2.60. The predicted octanol–water partition coefficient (Wildman–Crippen LogP) is 2.56. The summed E-state index contributed by atoms with van der Waals surface area (Å²) in [7, 11) is 0. The van der Waals surface area contributed by atoms with E-state index < -0.39 is 5.97 Å². The van der Waals surface area contributed by atoms with Crippen LogP contribution < -0.4 is 5.73 Å². The molecule has 0 saturated heterocycles. The van der Waals surface area contributed by atoms with Crippen LogP contribution in [0.3, 0.4) is 0 Å². The normalized spacial score (nSPS) is 10.9. The number of ketones is 1. The number of anilines is 1. The highest BCUT2D eigenvalue weighted by Gasteiger charge is 2.19. The van der Waals surface area contributed by atoms with Crippen molar-refractivity contribution in [2.24, 2.45) is 5.92 Å². The Labute approximate surface area is 147 Å². The van der Waals surface area contributed by atoms with Gasteiger partial charge in [-0.3, -0.25) is 4.79 Å². The number of ether oxygens (including phenoxy) is 1. The van der Waals surface area contributed by atoms with Crippen LogP contribution in [0.25, 0.3) is 0 Å². The lowest BCUT2D eigenvalue weighted by Gasteiger charge is -2.11. The van der Waals surface area contributed by atoms with Crippen molar-refractivity contribution in [2.75, 3.05) is 12.3 Å². The molecular weight excluding hydrogens is 320 g/mol. The molecule has 2 aromatic rings. The van der Waals surface area contributed by atoms with Crippen molar-refractivity contribution in [2.45, 2.75) is 40.7 Å². The van der Waals surface area contributed by atoms with E-state index in [0.29, 0.717) is 11.5 Å². The molecule has 0 bridgehead atoms. The molecule has 0 spiro atoms. The number of aromatic nitrogens is 3. The highest BCUT2D eigenvalue weighted by molar-refractivity contribution is 6.00. The maximum Gasteiger partial charge on any atom is 0.361 e. The molecule has 0 unspecified atom stereocenters. The van der Waals surface area contributed by atoms with Gasteiger partial charge in [-0.25, -0.2) is 14.8 Å². The Bertz CT molecular complexity index is 781. The molecule has 0 amide bonds. The van der Waals surface area contributed by atoms with Gasteiger partial charge in [-0.1, -0.05) is 13.8 Å². The maximum atomic E-state index is 12.4. The van der Waals surface area contributed by atoms with Crippen molar-refractivity contribution in [3.63, 3.8) is 0 Å². The predicted molar refractivity (Wildman–Crippen MR) is 94.4 cm³/mol. The molecule has 0 fully saturated rings. The monoisotopic (exact) mass is 344 g/mol. The fourth-order valence-electron chi connectivity index (χ4n) is 2.60. The van der Waals surface area contributed by atoms with Crippen molar-refractivity contribution in [3.8, 4) is 0 Å². The summed E-state index contributed by atoms with van der Waals surface area (Å²) in [5, 5.41) is 0. The first-order chi connectivity index (χ1) is 11.8. The van der Waals surface area contributed by atoms with Crippen molar-refractivity contribution in [1.82, 2.24) is 14.5 Å². The van der Waals surface area contributed by atoms with E-state index in [1.165, 1.54) is 12.4 Å². The van der Waals surface area contributed by atoms with Gasteiger partial charge in [0.2, 0.25) is 5.78 Å². The van der Waals surface area contributed by atoms with Gasteiger partial charge in [0.1, 0.15) is 0 Å². The number of carbonyl (C=O) groups is 2. The number of esters is 1. The van der Waals surface area contributed by atoms with E-state index in [-0.39, 0.29) is 23.9 Å². The van der Waals surface area contributed by atoms with Crippen LogP contribution in [0.4, 0.5) is 5.82 Å². The molecule has 0 aromatic carbocycles. The van der Waals surface area contributed by atoms with Gasteiger partial charge in [0.25, 0.3) is 0 Å². The van der Waals surface area contributed by atoms with E-state index in [9.17, 15) is 9.59 Å². The number of nitrogens with two attached hydrogens (primary N) is 1. The van der Waals surface area contributed by atoms with Gasteiger partial charge in [0, 0.05) is 35.9 Å². The smallest absolute Gasteiger partial charge is 0.361 e. The molecule has 0 saturated carbocycles. The molecule has 0 radical (unpaired) electrons. The number of hydrogen-bond donors (Lipinski definition) is 1. The second kappa shape index (κ2) is 7.92. The number of rotatable bonds is 7. The van der Waals surface area contributed by atoms with Crippen LogP contribution >= 0.6 is 0 Å². The third-order valence-electron chi connectivity index (χ3n) is 4.06. The number of nitrogen functional groups attached to an aromatic ring is 1. The van der Waals surface area contributed by atoms with E-state index in [1.807, 2.05) is 19.9 Å². The lowest BCUT2D eigenvalue weighted by molar-refractivity contribution is 0.0469. The molecule has 25 heavy (non-hydrogen) atoms. The standard InChI is InChI=1S/C18H24N4O3/c1-11(2)5-8-22-12(3)9-14(13(22)4)15(23)10-25-18(24)16-17(19)21-7-6-20-16/h6-7,9,11H,5,8,10H2,1-4H3,(H2,19,21). The minimum absolute atomic E-state index is 0.0215. The zero-order chi connectivity index (χ0) is 18.6. The van der Waals surface area contributed by atoms with Gasteiger partial charge in [-0.2, -0.15) is 0 Å². The van der Waals surface area contributed by atoms with Crippen LogP contribution in [0.1, 0.15) is 52.5 Å². The second-order valence-electron chi connectivity index (χ2n) is 6.41. The first-order valence-corrected chi connectivity index (χ1v) is 8.24. The SMILES string of the molecule is Cc1cc(C(=O)COC(=O)c2nccnc2N)c(C)n1CCC(C)C. The van der Waals surface area contributed by atoms with Gasteiger partial charge >= 0.3 is 5.97 Å². The number of aryl methyl sites for hydroxylation is 1. The molecule has 2 aromatic heterocycles. The summed E-state index contributed by atoms with van der Waals surface area (Å²) in [6, 6.07) is 1.84. The van der Waals surface area contributed by atoms with Crippen molar-refractivity contribution in [1.29, 1.82) is 0 Å². The van der Waals surface area contributed by atoms with Crippen molar-refractivity contribution >= 4 is 17.6 Å². The Hall–Kier alpha value is -2.70. The number of Topliss-reactive ketones (excluding diaryl/α,β-unsaturated/α-hetero) is 1. The fraction of sp³-hybridized carbons (Fsp3) is 0.444. The van der Waals surface area contributed by atoms with Gasteiger partial charge in [-0.05, 0) is 32.3 Å². The molecule has 2 heterocycles. The molecule has 7 nitrogen and oxygen atoms in total. The van der Waals surface area contributed by atoms with E-state index in [1.54, 1.807) is 0 Å². The molecule has 0 atom stereocenters. The summed E-state index contributed by atoms with van der Waals surface area (Å²) in [5.41, 5.74) is 7.97. The Kier molecular flexibility index (Phi) is 5.90. The van der Waals surface area contributed by atoms with Gasteiger partial charge in [-0.15, -0.1) is 0 Å². The van der Waals surface area contributed by atoms with Crippen molar-refractivity contribution in [3.05, 3.63) is 41.1 Å². The van der Waals surface area contributed by atoms with Gasteiger partial charge < -0.3 is 15.0 Å². The minimum Gasteiger partial charge on any atom is -0.452 e. The largest absolute Gasteiger partial charge is 0.452 e. The molecule has 0 aliphatic heterocycles. The Morgan fingerprint density at radius 3 is 2.56 bits per heavy atom. The van der Waals surface area contributed by atoms with E-state index in [0.717, 1.165) is 24.4 Å². The first kappa shape index (κ1) is 18.6. The molecule has 2 N–H and O–H groups in total. The topological polar surface area (TPSA) is 100 Å². The lowest BCUT2D eigenvalue weighted by atomic mass is 10.1. The Balaban J connectivity index is 2.05. The summed E-state index contributed by atoms with van der Waals surface area (Å²) >= 11 is 0. The lowest BCUT2D eigenvalue weighted by Crippen LogP contribution is -2.17. The van der Waals surface area contributed by atoms with Crippen LogP contribution in [0, 0.1) is 19.8 Å². The third-order valence-corrected chi connectivity index (χ3v) is 4.06. The van der Waals surface area contributed by atoms with Crippen molar-refractivity contribution < 1.29 is 14.3 Å². The van der Waals surface area contributed by atoms with E-state index in [2.05, 4.69) is 28.4 Å². The van der Waals surface area contributed by atoms with E-state index >= 15 is 0 Å².